The van der Waals surface area contributed by atoms with E-state index < -0.39 is 0 Å². The third kappa shape index (κ3) is 2.30. The first-order chi connectivity index (χ1) is 9.89. The molecule has 5 fully saturated rings. The maximum Gasteiger partial charge on any atom is 0.226 e. The molecule has 0 aromatic heterocycles. The third-order valence-corrected chi connectivity index (χ3v) is 6.78. The number of carbonyl (C=O) groups excluding carboxylic acids is 1. The molecule has 5 aliphatic carbocycles. The Labute approximate surface area is 132 Å². The highest BCUT2D eigenvalue weighted by Crippen LogP contribution is 2.65. The van der Waals surface area contributed by atoms with Crippen molar-refractivity contribution in [3.05, 3.63) is 0 Å². The fourth-order valence-corrected chi connectivity index (χ4v) is 6.38. The van der Waals surface area contributed by atoms with Crippen molar-refractivity contribution in [1.82, 2.24) is 5.32 Å². The summed E-state index contributed by atoms with van der Waals surface area (Å²) in [7, 11) is 0. The van der Waals surface area contributed by atoms with E-state index in [0.717, 1.165) is 43.9 Å². The summed E-state index contributed by atoms with van der Waals surface area (Å²) in [6.45, 7) is 2.40. The second kappa shape index (κ2) is 4.43. The van der Waals surface area contributed by atoms with Crippen LogP contribution in [0.4, 0.5) is 0 Å². The molecule has 21 heavy (non-hydrogen) atoms. The lowest BCUT2D eigenvalue weighted by Gasteiger charge is -2.60. The number of rotatable bonds is 4. The highest BCUT2D eigenvalue weighted by molar-refractivity contribution is 7.80. The minimum absolute atomic E-state index is 0.0617. The van der Waals surface area contributed by atoms with Gasteiger partial charge in [0.05, 0.1) is 16.4 Å². The maximum atomic E-state index is 13.1. The van der Waals surface area contributed by atoms with E-state index in [1.165, 1.54) is 19.3 Å². The summed E-state index contributed by atoms with van der Waals surface area (Å²) >= 11 is 5.18. The first-order valence-electron chi connectivity index (χ1n) is 8.49. The Kier molecular flexibility index (Phi) is 2.95. The highest BCUT2D eigenvalue weighted by atomic mass is 32.1. The number of nitrogens with two attached hydrogens (primary N) is 1. The van der Waals surface area contributed by atoms with Gasteiger partial charge in [0.2, 0.25) is 5.91 Å². The van der Waals surface area contributed by atoms with E-state index in [4.69, 9.17) is 18.0 Å². The summed E-state index contributed by atoms with van der Waals surface area (Å²) in [4.78, 5) is 13.5. The van der Waals surface area contributed by atoms with Crippen molar-refractivity contribution in [2.24, 2.45) is 34.3 Å². The van der Waals surface area contributed by atoms with Crippen molar-refractivity contribution in [2.45, 2.75) is 64.3 Å². The van der Waals surface area contributed by atoms with Crippen LogP contribution >= 0.6 is 12.2 Å². The van der Waals surface area contributed by atoms with Gasteiger partial charge in [-0.05, 0) is 74.5 Å². The largest absolute Gasteiger partial charge is 0.392 e. The van der Waals surface area contributed by atoms with Crippen molar-refractivity contribution in [3.8, 4) is 0 Å². The van der Waals surface area contributed by atoms with Gasteiger partial charge in [-0.3, -0.25) is 4.79 Å². The van der Waals surface area contributed by atoms with Crippen LogP contribution in [0, 0.1) is 28.6 Å². The summed E-state index contributed by atoms with van der Waals surface area (Å²) in [6, 6.07) is -0.0617. The molecule has 0 aromatic carbocycles. The van der Waals surface area contributed by atoms with Crippen molar-refractivity contribution < 1.29 is 4.79 Å². The third-order valence-electron chi connectivity index (χ3n) is 6.52. The lowest BCUT2D eigenvalue weighted by atomic mass is 9.44. The molecule has 1 amide bonds. The van der Waals surface area contributed by atoms with Crippen LogP contribution in [-0.4, -0.2) is 16.9 Å². The summed E-state index contributed by atoms with van der Waals surface area (Å²) in [5, 5.41) is 3.25. The highest BCUT2D eigenvalue weighted by Gasteiger charge is 2.59. The molecular weight excluding hydrogens is 280 g/mol. The second-order valence-electron chi connectivity index (χ2n) is 8.74. The van der Waals surface area contributed by atoms with Crippen LogP contribution in [-0.2, 0) is 4.79 Å². The average Bonchev–Trinajstić information content (AvgIpc) is 3.16. The molecule has 5 aliphatic rings. The number of thiocarbonyl (C=S) groups is 1. The fourth-order valence-electron chi connectivity index (χ4n) is 6.13. The molecule has 3 nitrogen and oxygen atoms in total. The Morgan fingerprint density at radius 1 is 1.24 bits per heavy atom. The molecule has 0 heterocycles. The summed E-state index contributed by atoms with van der Waals surface area (Å²) in [5.41, 5.74) is 6.15. The number of hydrogen-bond donors (Lipinski definition) is 2. The Balaban J connectivity index is 1.55. The van der Waals surface area contributed by atoms with Crippen LogP contribution in [0.5, 0.6) is 0 Å². The van der Waals surface area contributed by atoms with E-state index in [-0.39, 0.29) is 17.4 Å². The van der Waals surface area contributed by atoms with Crippen LogP contribution < -0.4 is 11.1 Å². The Bertz CT molecular complexity index is 485. The van der Waals surface area contributed by atoms with Crippen LogP contribution in [0.1, 0.15) is 58.3 Å². The predicted molar refractivity (Wildman–Crippen MR) is 86.7 cm³/mol. The maximum absolute atomic E-state index is 13.1. The Morgan fingerprint density at radius 2 is 1.86 bits per heavy atom. The molecule has 116 valence electrons. The molecule has 5 saturated carbocycles. The van der Waals surface area contributed by atoms with Crippen LogP contribution in [0.3, 0.4) is 0 Å². The first kappa shape index (κ1) is 14.0. The zero-order chi connectivity index (χ0) is 14.8. The molecule has 3 unspecified atom stereocenters. The van der Waals surface area contributed by atoms with Crippen molar-refractivity contribution in [2.75, 3.05) is 0 Å². The number of amides is 1. The molecule has 0 aromatic rings. The summed E-state index contributed by atoms with van der Waals surface area (Å²) < 4.78 is 0. The normalized spacial score (nSPS) is 45.4. The molecule has 0 saturated heterocycles. The average molecular weight is 306 g/mol. The Morgan fingerprint density at radius 3 is 2.33 bits per heavy atom. The first-order valence-corrected chi connectivity index (χ1v) is 8.90. The number of nitrogens with one attached hydrogen (secondary N) is 1. The smallest absolute Gasteiger partial charge is 0.226 e. The molecule has 0 spiro atoms. The van der Waals surface area contributed by atoms with Crippen molar-refractivity contribution in [1.29, 1.82) is 0 Å². The van der Waals surface area contributed by atoms with E-state index in [0.29, 0.717) is 16.3 Å². The van der Waals surface area contributed by atoms with Gasteiger partial charge in [0.25, 0.3) is 0 Å². The molecular formula is C17H26N2OS. The molecule has 0 radical (unpaired) electrons. The van der Waals surface area contributed by atoms with Gasteiger partial charge >= 0.3 is 0 Å². The van der Waals surface area contributed by atoms with Crippen molar-refractivity contribution >= 4 is 23.1 Å². The Hall–Kier alpha value is -0.640. The lowest BCUT2D eigenvalue weighted by Crippen LogP contribution is -2.59. The van der Waals surface area contributed by atoms with Crippen LogP contribution in [0.25, 0.3) is 0 Å². The molecule has 4 bridgehead atoms. The minimum Gasteiger partial charge on any atom is -0.392 e. The zero-order valence-corrected chi connectivity index (χ0v) is 13.7. The number of hydrogen-bond acceptors (Lipinski definition) is 2. The van der Waals surface area contributed by atoms with Crippen LogP contribution in [0.15, 0.2) is 0 Å². The van der Waals surface area contributed by atoms with Gasteiger partial charge < -0.3 is 11.1 Å². The zero-order valence-electron chi connectivity index (χ0n) is 12.9. The SMILES string of the molecule is CC12CC3CC(C1)CC(C(=O)NC(C(N)=S)C1CC1)(C3)C2. The van der Waals surface area contributed by atoms with Gasteiger partial charge in [-0.15, -0.1) is 0 Å². The molecule has 4 heteroatoms. The van der Waals surface area contributed by atoms with Crippen LogP contribution in [0.2, 0.25) is 0 Å². The van der Waals surface area contributed by atoms with E-state index in [1.807, 2.05) is 0 Å². The van der Waals surface area contributed by atoms with E-state index in [1.54, 1.807) is 0 Å². The van der Waals surface area contributed by atoms with Gasteiger partial charge in [-0.1, -0.05) is 19.1 Å². The van der Waals surface area contributed by atoms with E-state index in [9.17, 15) is 4.79 Å². The van der Waals surface area contributed by atoms with Gasteiger partial charge in [0, 0.05) is 0 Å². The van der Waals surface area contributed by atoms with Crippen molar-refractivity contribution in [3.63, 3.8) is 0 Å². The number of carbonyl (C=O) groups is 1. The minimum atomic E-state index is -0.114. The lowest BCUT2D eigenvalue weighted by molar-refractivity contribution is -0.155. The van der Waals surface area contributed by atoms with Gasteiger partial charge in [0.15, 0.2) is 0 Å². The van der Waals surface area contributed by atoms with E-state index >= 15 is 0 Å². The van der Waals surface area contributed by atoms with Gasteiger partial charge in [-0.2, -0.15) is 0 Å². The van der Waals surface area contributed by atoms with E-state index in [2.05, 4.69) is 12.2 Å². The molecule has 5 rings (SSSR count). The summed E-state index contributed by atoms with van der Waals surface area (Å²) in [6.07, 6.45) is 9.59. The van der Waals surface area contributed by atoms with Gasteiger partial charge in [0.1, 0.15) is 0 Å². The predicted octanol–water partition coefficient (Wildman–Crippen LogP) is 2.77. The standard InChI is InChI=1S/C17H26N2OS/c1-16-5-10-4-11(6-16)8-17(7-10,9-16)15(20)19-13(14(18)21)12-2-3-12/h10-13H,2-9H2,1H3,(H2,18,21)(H,19,20). The monoisotopic (exact) mass is 306 g/mol. The van der Waals surface area contributed by atoms with Gasteiger partial charge in [-0.25, -0.2) is 0 Å². The molecule has 0 aliphatic heterocycles. The molecule has 3 atom stereocenters. The second-order valence-corrected chi connectivity index (χ2v) is 9.21. The fraction of sp³-hybridized carbons (Fsp3) is 0.882. The summed E-state index contributed by atoms with van der Waals surface area (Å²) in [5.74, 6) is 2.29. The topological polar surface area (TPSA) is 55.1 Å². The quantitative estimate of drug-likeness (QED) is 0.785. The molecule has 3 N–H and O–H groups in total.